The van der Waals surface area contributed by atoms with E-state index in [4.69, 9.17) is 4.74 Å². The van der Waals surface area contributed by atoms with Gasteiger partial charge in [-0.2, -0.15) is 4.98 Å². The average Bonchev–Trinajstić information content (AvgIpc) is 2.58. The Morgan fingerprint density at radius 2 is 2.00 bits per heavy atom. The number of nitrogens with one attached hydrogen (secondary N) is 1. The first kappa shape index (κ1) is 16.1. The molecular formula is C16H19N5O3. The molecule has 0 spiro atoms. The number of rotatable bonds is 5. The number of nitro groups is 1. The van der Waals surface area contributed by atoms with Crippen LogP contribution in [0.4, 0.5) is 17.3 Å². The molecule has 1 aliphatic rings. The molecule has 2 aromatic rings. The number of hydrogen-bond donors (Lipinski definition) is 1. The van der Waals surface area contributed by atoms with Gasteiger partial charge in [0.25, 0.3) is 5.88 Å². The van der Waals surface area contributed by atoms with Crippen LogP contribution in [0.5, 0.6) is 5.88 Å². The monoisotopic (exact) mass is 329 g/mol. The highest BCUT2D eigenvalue weighted by molar-refractivity contribution is 5.68. The third-order valence-electron chi connectivity index (χ3n) is 4.05. The number of hydrogen-bond acceptors (Lipinski definition) is 7. The van der Waals surface area contributed by atoms with Crippen LogP contribution in [0, 0.1) is 17.0 Å². The van der Waals surface area contributed by atoms with Gasteiger partial charge in [0.05, 0.1) is 4.92 Å². The summed E-state index contributed by atoms with van der Waals surface area (Å²) in [5.74, 6) is 0.614. The maximum absolute atomic E-state index is 11.5. The van der Waals surface area contributed by atoms with Gasteiger partial charge in [0.15, 0.2) is 0 Å². The lowest BCUT2D eigenvalue weighted by atomic mass is 9.98. The summed E-state index contributed by atoms with van der Waals surface area (Å²) in [6.07, 6.45) is 7.96. The molecule has 2 aromatic heterocycles. The van der Waals surface area contributed by atoms with E-state index in [1.54, 1.807) is 12.3 Å². The van der Waals surface area contributed by atoms with Gasteiger partial charge in [0.2, 0.25) is 5.82 Å². The summed E-state index contributed by atoms with van der Waals surface area (Å²) in [4.78, 5) is 23.2. The lowest BCUT2D eigenvalue weighted by molar-refractivity contribution is -0.385. The van der Waals surface area contributed by atoms with E-state index in [0.29, 0.717) is 5.82 Å². The standard InChI is InChI=1S/C16H19N5O3/c1-11-6-5-9-17-14(11)20-15-13(21(22)23)16(19-10-18-15)24-12-7-3-2-4-8-12/h5-6,9-10,12H,2-4,7-8H2,1H3,(H,17,18,19,20). The molecule has 0 radical (unpaired) electrons. The van der Waals surface area contributed by atoms with Gasteiger partial charge in [-0.15, -0.1) is 0 Å². The predicted octanol–water partition coefficient (Wildman–Crippen LogP) is 3.54. The minimum atomic E-state index is -0.515. The summed E-state index contributed by atoms with van der Waals surface area (Å²) in [5, 5.41) is 14.5. The lowest BCUT2D eigenvalue weighted by Gasteiger charge is -2.22. The van der Waals surface area contributed by atoms with Gasteiger partial charge in [-0.25, -0.2) is 9.97 Å². The number of pyridine rings is 1. The number of aryl methyl sites for hydroxylation is 1. The molecule has 0 aliphatic heterocycles. The first-order chi connectivity index (χ1) is 11.6. The first-order valence-corrected chi connectivity index (χ1v) is 8.00. The van der Waals surface area contributed by atoms with Crippen molar-refractivity contribution in [3.63, 3.8) is 0 Å². The molecule has 8 nitrogen and oxygen atoms in total. The summed E-state index contributed by atoms with van der Waals surface area (Å²) in [5.41, 5.74) is 0.605. The summed E-state index contributed by atoms with van der Waals surface area (Å²) in [7, 11) is 0. The van der Waals surface area contributed by atoms with Crippen molar-refractivity contribution >= 4 is 17.3 Å². The maximum atomic E-state index is 11.5. The summed E-state index contributed by atoms with van der Waals surface area (Å²) >= 11 is 0. The van der Waals surface area contributed by atoms with Crippen LogP contribution < -0.4 is 10.1 Å². The molecule has 24 heavy (non-hydrogen) atoms. The predicted molar refractivity (Wildman–Crippen MR) is 88.4 cm³/mol. The van der Waals surface area contributed by atoms with Gasteiger partial charge in [0, 0.05) is 6.20 Å². The Labute approximate surface area is 139 Å². The van der Waals surface area contributed by atoms with E-state index in [1.807, 2.05) is 13.0 Å². The molecule has 0 aromatic carbocycles. The number of ether oxygens (including phenoxy) is 1. The third kappa shape index (κ3) is 3.58. The lowest BCUT2D eigenvalue weighted by Crippen LogP contribution is -2.21. The topological polar surface area (TPSA) is 103 Å². The van der Waals surface area contributed by atoms with E-state index in [9.17, 15) is 10.1 Å². The van der Waals surface area contributed by atoms with Crippen LogP contribution in [0.2, 0.25) is 0 Å². The van der Waals surface area contributed by atoms with Crippen LogP contribution in [0.1, 0.15) is 37.7 Å². The van der Waals surface area contributed by atoms with Gasteiger partial charge in [-0.05, 0) is 44.2 Å². The zero-order chi connectivity index (χ0) is 16.9. The number of aromatic nitrogens is 3. The Morgan fingerprint density at radius 1 is 1.21 bits per heavy atom. The van der Waals surface area contributed by atoms with Crippen molar-refractivity contribution in [1.29, 1.82) is 0 Å². The largest absolute Gasteiger partial charge is 0.469 e. The zero-order valence-electron chi connectivity index (χ0n) is 13.4. The Bertz CT molecular complexity index is 731. The number of anilines is 2. The van der Waals surface area contributed by atoms with E-state index in [1.165, 1.54) is 12.7 Å². The van der Waals surface area contributed by atoms with E-state index in [-0.39, 0.29) is 23.5 Å². The molecule has 0 amide bonds. The molecule has 3 rings (SSSR count). The van der Waals surface area contributed by atoms with Gasteiger partial charge < -0.3 is 10.1 Å². The van der Waals surface area contributed by atoms with Crippen LogP contribution in [0.25, 0.3) is 0 Å². The highest BCUT2D eigenvalue weighted by Gasteiger charge is 2.27. The minimum Gasteiger partial charge on any atom is -0.469 e. The van der Waals surface area contributed by atoms with E-state index in [2.05, 4.69) is 20.3 Å². The van der Waals surface area contributed by atoms with Gasteiger partial charge >= 0.3 is 5.69 Å². The van der Waals surface area contributed by atoms with Crippen LogP contribution in [0.3, 0.4) is 0 Å². The fourth-order valence-electron chi connectivity index (χ4n) is 2.77. The van der Waals surface area contributed by atoms with E-state index in [0.717, 1.165) is 31.2 Å². The Balaban J connectivity index is 1.90. The Hall–Kier alpha value is -2.77. The molecule has 1 N–H and O–H groups in total. The molecule has 0 atom stereocenters. The van der Waals surface area contributed by atoms with Crippen LogP contribution in [-0.4, -0.2) is 26.0 Å². The third-order valence-corrected chi connectivity index (χ3v) is 4.05. The molecular weight excluding hydrogens is 310 g/mol. The summed E-state index contributed by atoms with van der Waals surface area (Å²) in [6, 6.07) is 3.66. The Kier molecular flexibility index (Phi) is 4.83. The highest BCUT2D eigenvalue weighted by atomic mass is 16.6. The van der Waals surface area contributed by atoms with Gasteiger partial charge in [0.1, 0.15) is 18.2 Å². The van der Waals surface area contributed by atoms with Crippen molar-refractivity contribution in [3.05, 3.63) is 40.3 Å². The quantitative estimate of drug-likeness (QED) is 0.661. The van der Waals surface area contributed by atoms with E-state index < -0.39 is 4.92 Å². The minimum absolute atomic E-state index is 0.0120. The van der Waals surface area contributed by atoms with Crippen molar-refractivity contribution in [2.24, 2.45) is 0 Å². The Morgan fingerprint density at radius 3 is 2.71 bits per heavy atom. The molecule has 0 bridgehead atoms. The first-order valence-electron chi connectivity index (χ1n) is 8.00. The second kappa shape index (κ2) is 7.20. The van der Waals surface area contributed by atoms with Crippen molar-refractivity contribution in [2.45, 2.75) is 45.1 Å². The average molecular weight is 329 g/mol. The fraction of sp³-hybridized carbons (Fsp3) is 0.438. The fourth-order valence-corrected chi connectivity index (χ4v) is 2.77. The molecule has 1 aliphatic carbocycles. The van der Waals surface area contributed by atoms with Crippen molar-refractivity contribution in [2.75, 3.05) is 5.32 Å². The van der Waals surface area contributed by atoms with Crippen molar-refractivity contribution < 1.29 is 9.66 Å². The summed E-state index contributed by atoms with van der Waals surface area (Å²) < 4.78 is 5.80. The van der Waals surface area contributed by atoms with Crippen LogP contribution in [-0.2, 0) is 0 Å². The molecule has 1 fully saturated rings. The zero-order valence-corrected chi connectivity index (χ0v) is 13.4. The molecule has 0 saturated heterocycles. The molecule has 126 valence electrons. The van der Waals surface area contributed by atoms with Crippen molar-refractivity contribution in [3.8, 4) is 5.88 Å². The molecule has 0 unspecified atom stereocenters. The molecule has 1 saturated carbocycles. The van der Waals surface area contributed by atoms with E-state index >= 15 is 0 Å². The second-order valence-electron chi connectivity index (χ2n) is 5.80. The number of nitrogens with zero attached hydrogens (tertiary/aromatic N) is 4. The van der Waals surface area contributed by atoms with Crippen LogP contribution >= 0.6 is 0 Å². The highest BCUT2D eigenvalue weighted by Crippen LogP contribution is 2.35. The van der Waals surface area contributed by atoms with Crippen LogP contribution in [0.15, 0.2) is 24.7 Å². The molecule has 8 heteroatoms. The maximum Gasteiger partial charge on any atom is 0.373 e. The second-order valence-corrected chi connectivity index (χ2v) is 5.80. The smallest absolute Gasteiger partial charge is 0.373 e. The summed E-state index contributed by atoms with van der Waals surface area (Å²) in [6.45, 7) is 1.86. The van der Waals surface area contributed by atoms with Gasteiger partial charge in [-0.3, -0.25) is 10.1 Å². The SMILES string of the molecule is Cc1cccnc1Nc1ncnc(OC2CCCCC2)c1[N+](=O)[O-]. The van der Waals surface area contributed by atoms with Gasteiger partial charge in [-0.1, -0.05) is 12.5 Å². The normalized spacial score (nSPS) is 15.0. The molecule has 2 heterocycles. The van der Waals surface area contributed by atoms with Crippen molar-refractivity contribution in [1.82, 2.24) is 15.0 Å².